The Balaban J connectivity index is 2.04. The lowest BCUT2D eigenvalue weighted by molar-refractivity contribution is -0.0518. The summed E-state index contributed by atoms with van der Waals surface area (Å²) in [5.41, 5.74) is 2.59. The van der Waals surface area contributed by atoms with Crippen molar-refractivity contribution < 1.29 is 27.8 Å². The van der Waals surface area contributed by atoms with Crippen molar-refractivity contribution in [3.05, 3.63) is 58.8 Å². The highest BCUT2D eigenvalue weighted by atomic mass is 32.1. The Morgan fingerprint density at radius 3 is 2.41 bits per heavy atom. The van der Waals surface area contributed by atoms with Crippen LogP contribution in [0.2, 0.25) is 0 Å². The molecule has 0 aliphatic heterocycles. The molecule has 0 amide bonds. The van der Waals surface area contributed by atoms with Crippen LogP contribution in [-0.4, -0.2) is 34.3 Å². The maximum atomic E-state index is 12.9. The molecule has 3 aromatic rings. The largest absolute Gasteiger partial charge is 0.487 e. The van der Waals surface area contributed by atoms with E-state index in [0.717, 1.165) is 4.88 Å². The predicted octanol–water partition coefficient (Wildman–Crippen LogP) is 6.22. The summed E-state index contributed by atoms with van der Waals surface area (Å²) in [5.74, 6) is -0.381. The fourth-order valence-electron chi connectivity index (χ4n) is 3.04. The van der Waals surface area contributed by atoms with Gasteiger partial charge in [0.25, 0.3) is 0 Å². The number of aromatic nitrogens is 2. The molecule has 0 atom stereocenters. The van der Waals surface area contributed by atoms with Gasteiger partial charge in [-0.2, -0.15) is 8.78 Å². The van der Waals surface area contributed by atoms with Gasteiger partial charge in [-0.25, -0.2) is 4.79 Å². The number of esters is 1. The molecular weight excluding hydrogens is 464 g/mol. The Morgan fingerprint density at radius 1 is 1.03 bits per heavy atom. The van der Waals surface area contributed by atoms with Gasteiger partial charge in [-0.05, 0) is 52.8 Å². The van der Waals surface area contributed by atoms with Gasteiger partial charge in [-0.1, -0.05) is 0 Å². The highest BCUT2D eigenvalue weighted by Crippen LogP contribution is 2.37. The number of anilines is 2. The second-order valence-corrected chi connectivity index (χ2v) is 9.63. The van der Waals surface area contributed by atoms with Crippen molar-refractivity contribution in [2.24, 2.45) is 0 Å². The zero-order valence-electron chi connectivity index (χ0n) is 19.6. The summed E-state index contributed by atoms with van der Waals surface area (Å²) in [6.45, 7) is 6.38. The lowest BCUT2D eigenvalue weighted by Crippen LogP contribution is -2.24. The van der Waals surface area contributed by atoms with Gasteiger partial charge in [-0.15, -0.1) is 11.3 Å². The lowest BCUT2D eigenvalue weighted by Gasteiger charge is -2.26. The molecule has 0 spiro atoms. The van der Waals surface area contributed by atoms with Crippen molar-refractivity contribution in [1.82, 2.24) is 9.97 Å². The van der Waals surface area contributed by atoms with Crippen LogP contribution in [0.3, 0.4) is 0 Å². The first kappa shape index (κ1) is 25.4. The normalized spacial score (nSPS) is 11.6. The molecule has 3 rings (SSSR count). The molecule has 0 aliphatic carbocycles. The first-order valence-electron chi connectivity index (χ1n) is 10.6. The fraction of sp³-hybridized carbons (Fsp3) is 0.375. The Kier molecular flexibility index (Phi) is 8.03. The van der Waals surface area contributed by atoms with Gasteiger partial charge in [0.05, 0.1) is 35.6 Å². The van der Waals surface area contributed by atoms with Gasteiger partial charge in [0, 0.05) is 29.0 Å². The number of ether oxygens (including phenoxy) is 3. The molecule has 10 heteroatoms. The first-order chi connectivity index (χ1) is 16.0. The number of hydrogen-bond acceptors (Lipinski definition) is 8. The molecule has 182 valence electrons. The molecule has 0 unspecified atom stereocenters. The van der Waals surface area contributed by atoms with E-state index in [4.69, 9.17) is 9.47 Å². The Bertz CT molecular complexity index is 1100. The second-order valence-electron chi connectivity index (χ2n) is 8.66. The SMILES string of the molecule is CC(C)Oc1cc(N(Cc2cncs2)c2cncc(C(=O)OC(C)(C)C)c2)ccc1OC(F)F. The number of benzene rings is 1. The monoisotopic (exact) mass is 491 g/mol. The molecule has 0 fully saturated rings. The van der Waals surface area contributed by atoms with Crippen LogP contribution in [0.1, 0.15) is 49.9 Å². The van der Waals surface area contributed by atoms with Crippen LogP contribution in [0.25, 0.3) is 0 Å². The van der Waals surface area contributed by atoms with Crippen molar-refractivity contribution in [2.75, 3.05) is 4.90 Å². The number of rotatable bonds is 9. The predicted molar refractivity (Wildman–Crippen MR) is 126 cm³/mol. The van der Waals surface area contributed by atoms with E-state index in [1.165, 1.54) is 23.6 Å². The van der Waals surface area contributed by atoms with E-state index in [-0.39, 0.29) is 23.2 Å². The molecule has 34 heavy (non-hydrogen) atoms. The van der Waals surface area contributed by atoms with Gasteiger partial charge in [0.15, 0.2) is 11.5 Å². The molecule has 7 nitrogen and oxygen atoms in total. The van der Waals surface area contributed by atoms with Gasteiger partial charge in [-0.3, -0.25) is 9.97 Å². The summed E-state index contributed by atoms with van der Waals surface area (Å²) in [6.07, 6.45) is 4.53. The van der Waals surface area contributed by atoms with Gasteiger partial charge in [0.1, 0.15) is 5.60 Å². The number of carbonyl (C=O) groups excluding carboxylic acids is 1. The van der Waals surface area contributed by atoms with E-state index < -0.39 is 18.2 Å². The summed E-state index contributed by atoms with van der Waals surface area (Å²) in [5, 5.41) is 0. The topological polar surface area (TPSA) is 73.8 Å². The molecule has 0 N–H and O–H groups in total. The summed E-state index contributed by atoms with van der Waals surface area (Å²) in [7, 11) is 0. The summed E-state index contributed by atoms with van der Waals surface area (Å²) in [4.78, 5) is 23.8. The third-order valence-corrected chi connectivity index (χ3v) is 5.05. The smallest absolute Gasteiger partial charge is 0.387 e. The van der Waals surface area contributed by atoms with Crippen LogP contribution >= 0.6 is 11.3 Å². The Labute approximate surface area is 201 Å². The van der Waals surface area contributed by atoms with Crippen LogP contribution in [0, 0.1) is 0 Å². The van der Waals surface area contributed by atoms with Crippen LogP contribution < -0.4 is 14.4 Å². The number of halogens is 2. The first-order valence-corrected chi connectivity index (χ1v) is 11.5. The maximum Gasteiger partial charge on any atom is 0.387 e. The lowest BCUT2D eigenvalue weighted by atomic mass is 10.1. The number of carbonyl (C=O) groups is 1. The van der Waals surface area contributed by atoms with E-state index in [1.54, 1.807) is 70.7 Å². The minimum absolute atomic E-state index is 0.0641. The zero-order valence-corrected chi connectivity index (χ0v) is 20.4. The van der Waals surface area contributed by atoms with Gasteiger partial charge < -0.3 is 19.1 Å². The molecule has 1 aromatic carbocycles. The van der Waals surface area contributed by atoms with Crippen molar-refractivity contribution >= 4 is 28.7 Å². The van der Waals surface area contributed by atoms with Crippen molar-refractivity contribution in [2.45, 2.75) is 59.5 Å². The average molecular weight is 492 g/mol. The average Bonchev–Trinajstić information content (AvgIpc) is 3.25. The van der Waals surface area contributed by atoms with E-state index in [9.17, 15) is 13.6 Å². The van der Waals surface area contributed by atoms with Crippen molar-refractivity contribution in [3.8, 4) is 11.5 Å². The molecule has 0 radical (unpaired) electrons. The van der Waals surface area contributed by atoms with Crippen LogP contribution in [0.15, 0.2) is 48.4 Å². The van der Waals surface area contributed by atoms with Gasteiger partial charge >= 0.3 is 12.6 Å². The molecule has 2 aromatic heterocycles. The molecule has 2 heterocycles. The maximum absolute atomic E-state index is 12.9. The molecule has 0 aliphatic rings. The number of pyridine rings is 1. The fourth-order valence-corrected chi connectivity index (χ4v) is 3.62. The van der Waals surface area contributed by atoms with E-state index in [1.807, 2.05) is 4.90 Å². The van der Waals surface area contributed by atoms with Gasteiger partial charge in [0.2, 0.25) is 0 Å². The third kappa shape index (κ3) is 7.11. The third-order valence-electron chi connectivity index (χ3n) is 4.29. The minimum atomic E-state index is -2.98. The van der Waals surface area contributed by atoms with E-state index in [2.05, 4.69) is 14.7 Å². The molecule has 0 saturated heterocycles. The Hall–Kier alpha value is -3.27. The van der Waals surface area contributed by atoms with E-state index in [0.29, 0.717) is 17.9 Å². The summed E-state index contributed by atoms with van der Waals surface area (Å²) in [6, 6.07) is 6.38. The van der Waals surface area contributed by atoms with Crippen LogP contribution in [0.5, 0.6) is 11.5 Å². The Morgan fingerprint density at radius 2 is 1.79 bits per heavy atom. The van der Waals surface area contributed by atoms with Crippen molar-refractivity contribution in [3.63, 3.8) is 0 Å². The van der Waals surface area contributed by atoms with Crippen molar-refractivity contribution in [1.29, 1.82) is 0 Å². The summed E-state index contributed by atoms with van der Waals surface area (Å²) < 4.78 is 41.7. The highest BCUT2D eigenvalue weighted by Gasteiger charge is 2.21. The number of nitrogens with zero attached hydrogens (tertiary/aromatic N) is 3. The minimum Gasteiger partial charge on any atom is -0.487 e. The summed E-state index contributed by atoms with van der Waals surface area (Å²) >= 11 is 1.47. The highest BCUT2D eigenvalue weighted by molar-refractivity contribution is 7.09. The standard InChI is InChI=1S/C24H27F2N3O4S/c1-15(2)31-21-9-17(6-7-20(21)32-23(25)26)29(13-19-12-28-14-34-19)18-8-16(10-27-11-18)22(30)33-24(3,4)5/h6-12,14-15,23H,13H2,1-5H3. The van der Waals surface area contributed by atoms with E-state index >= 15 is 0 Å². The van der Waals surface area contributed by atoms with Crippen LogP contribution in [-0.2, 0) is 11.3 Å². The molecular formula is C24H27F2N3O4S. The molecule has 0 bridgehead atoms. The quantitative estimate of drug-likeness (QED) is 0.329. The second kappa shape index (κ2) is 10.8. The number of thiazole rings is 1. The molecule has 0 saturated carbocycles. The number of hydrogen-bond donors (Lipinski definition) is 0. The zero-order chi connectivity index (χ0) is 24.9. The van der Waals surface area contributed by atoms with Crippen LogP contribution in [0.4, 0.5) is 20.2 Å². The number of alkyl halides is 2.